The van der Waals surface area contributed by atoms with Gasteiger partial charge in [-0.15, -0.1) is 0 Å². The van der Waals surface area contributed by atoms with Crippen LogP contribution in [0.3, 0.4) is 0 Å². The second-order valence-corrected chi connectivity index (χ2v) is 5.64. The number of fused-ring (bicyclic) bond motifs is 2. The minimum absolute atomic E-state index is 0.147. The molecule has 0 radical (unpaired) electrons. The van der Waals surface area contributed by atoms with E-state index >= 15 is 0 Å². The summed E-state index contributed by atoms with van der Waals surface area (Å²) in [6.07, 6.45) is 5.29. The van der Waals surface area contributed by atoms with Gasteiger partial charge in [0, 0.05) is 23.5 Å². The molecule has 106 valence electrons. The Bertz CT molecular complexity index is 853. The van der Waals surface area contributed by atoms with Gasteiger partial charge in [-0.1, -0.05) is 42.5 Å². The molecule has 2 aromatic carbocycles. The zero-order valence-corrected chi connectivity index (χ0v) is 12.1. The summed E-state index contributed by atoms with van der Waals surface area (Å²) in [5.74, 6) is 0.147. The molecule has 1 heterocycles. The molecule has 1 aliphatic rings. The first-order valence-electron chi connectivity index (χ1n) is 7.45. The van der Waals surface area contributed by atoms with Crippen molar-refractivity contribution >= 4 is 5.78 Å². The van der Waals surface area contributed by atoms with E-state index < -0.39 is 0 Å². The molecule has 1 aromatic heterocycles. The quantitative estimate of drug-likeness (QED) is 0.560. The summed E-state index contributed by atoms with van der Waals surface area (Å²) >= 11 is 0. The molecule has 0 saturated carbocycles. The van der Waals surface area contributed by atoms with E-state index in [-0.39, 0.29) is 5.78 Å². The summed E-state index contributed by atoms with van der Waals surface area (Å²) < 4.78 is 0. The van der Waals surface area contributed by atoms with Crippen LogP contribution in [-0.4, -0.2) is 10.8 Å². The third-order valence-electron chi connectivity index (χ3n) is 4.29. The highest BCUT2D eigenvalue weighted by Crippen LogP contribution is 2.30. The zero-order chi connectivity index (χ0) is 14.9. The van der Waals surface area contributed by atoms with Crippen LogP contribution >= 0.6 is 0 Å². The number of rotatable bonds is 2. The Labute approximate surface area is 129 Å². The molecule has 0 N–H and O–H groups in total. The Balaban J connectivity index is 1.79. The lowest BCUT2D eigenvalue weighted by molar-refractivity contribution is 0.103. The van der Waals surface area contributed by atoms with Gasteiger partial charge >= 0.3 is 0 Å². The summed E-state index contributed by atoms with van der Waals surface area (Å²) in [5.41, 5.74) is 6.44. The molecule has 0 amide bonds. The van der Waals surface area contributed by atoms with Crippen molar-refractivity contribution in [3.8, 4) is 0 Å². The molecule has 1 aliphatic carbocycles. The number of pyridine rings is 1. The van der Waals surface area contributed by atoms with Gasteiger partial charge in [0.2, 0.25) is 0 Å². The number of benzene rings is 2. The third kappa shape index (κ3) is 2.13. The van der Waals surface area contributed by atoms with E-state index in [2.05, 4.69) is 17.1 Å². The monoisotopic (exact) mass is 285 g/mol. The SMILES string of the molecule is O=C1c2ccccc2Cc2c(Cc3ccncc3)cccc21. The molecule has 4 rings (SSSR count). The number of carbonyl (C=O) groups excluding carboxylic acids is 1. The largest absolute Gasteiger partial charge is 0.289 e. The number of carbonyl (C=O) groups is 1. The van der Waals surface area contributed by atoms with E-state index in [9.17, 15) is 4.79 Å². The van der Waals surface area contributed by atoms with E-state index in [1.165, 1.54) is 16.7 Å². The molecule has 2 heteroatoms. The van der Waals surface area contributed by atoms with Crippen LogP contribution in [0.4, 0.5) is 0 Å². The molecule has 0 bridgehead atoms. The lowest BCUT2D eigenvalue weighted by atomic mass is 9.82. The van der Waals surface area contributed by atoms with Crippen molar-refractivity contribution in [2.45, 2.75) is 12.8 Å². The minimum Gasteiger partial charge on any atom is -0.289 e. The molecular weight excluding hydrogens is 270 g/mol. The van der Waals surface area contributed by atoms with Crippen molar-refractivity contribution in [3.05, 3.63) is 100 Å². The summed E-state index contributed by atoms with van der Waals surface area (Å²) in [4.78, 5) is 16.8. The summed E-state index contributed by atoms with van der Waals surface area (Å²) in [6.45, 7) is 0. The second kappa shape index (κ2) is 5.23. The summed E-state index contributed by atoms with van der Waals surface area (Å²) in [7, 11) is 0. The van der Waals surface area contributed by atoms with E-state index in [1.54, 1.807) is 0 Å². The predicted molar refractivity (Wildman–Crippen MR) is 86.2 cm³/mol. The number of aromatic nitrogens is 1. The van der Waals surface area contributed by atoms with Gasteiger partial charge < -0.3 is 0 Å². The fourth-order valence-corrected chi connectivity index (χ4v) is 3.17. The van der Waals surface area contributed by atoms with Crippen LogP contribution in [0.5, 0.6) is 0 Å². The fourth-order valence-electron chi connectivity index (χ4n) is 3.17. The lowest BCUT2D eigenvalue weighted by Gasteiger charge is -2.21. The van der Waals surface area contributed by atoms with Gasteiger partial charge in [-0.2, -0.15) is 0 Å². The molecule has 22 heavy (non-hydrogen) atoms. The Morgan fingerprint density at radius 2 is 1.64 bits per heavy atom. The van der Waals surface area contributed by atoms with Gasteiger partial charge in [-0.25, -0.2) is 0 Å². The van der Waals surface area contributed by atoms with Gasteiger partial charge in [0.15, 0.2) is 5.78 Å². The normalized spacial score (nSPS) is 12.6. The van der Waals surface area contributed by atoms with Crippen LogP contribution in [0, 0.1) is 0 Å². The number of nitrogens with zero attached hydrogens (tertiary/aromatic N) is 1. The highest BCUT2D eigenvalue weighted by atomic mass is 16.1. The Kier molecular flexibility index (Phi) is 3.08. The molecule has 0 saturated heterocycles. The first-order valence-corrected chi connectivity index (χ1v) is 7.45. The number of hydrogen-bond donors (Lipinski definition) is 0. The first-order chi connectivity index (χ1) is 10.8. The number of ketones is 1. The maximum atomic E-state index is 12.7. The van der Waals surface area contributed by atoms with Gasteiger partial charge in [-0.05, 0) is 47.2 Å². The topological polar surface area (TPSA) is 30.0 Å². The first kappa shape index (κ1) is 13.0. The molecule has 0 unspecified atom stereocenters. The second-order valence-electron chi connectivity index (χ2n) is 5.64. The molecule has 0 aliphatic heterocycles. The summed E-state index contributed by atoms with van der Waals surface area (Å²) in [6, 6.07) is 18.0. The van der Waals surface area contributed by atoms with Gasteiger partial charge in [0.05, 0.1) is 0 Å². The van der Waals surface area contributed by atoms with Crippen molar-refractivity contribution in [1.29, 1.82) is 0 Å². The van der Waals surface area contributed by atoms with Crippen molar-refractivity contribution in [2.75, 3.05) is 0 Å². The van der Waals surface area contributed by atoms with Crippen LogP contribution in [-0.2, 0) is 12.8 Å². The Morgan fingerprint density at radius 1 is 0.864 bits per heavy atom. The van der Waals surface area contributed by atoms with Crippen molar-refractivity contribution in [1.82, 2.24) is 4.98 Å². The van der Waals surface area contributed by atoms with Crippen LogP contribution in [0.25, 0.3) is 0 Å². The minimum atomic E-state index is 0.147. The van der Waals surface area contributed by atoms with E-state index in [0.717, 1.165) is 29.5 Å². The molecule has 0 fully saturated rings. The van der Waals surface area contributed by atoms with Gasteiger partial charge in [0.1, 0.15) is 0 Å². The lowest BCUT2D eigenvalue weighted by Crippen LogP contribution is -2.16. The maximum absolute atomic E-state index is 12.7. The molecular formula is C20H15NO. The zero-order valence-electron chi connectivity index (χ0n) is 12.1. The van der Waals surface area contributed by atoms with E-state index in [4.69, 9.17) is 0 Å². The molecule has 3 aromatic rings. The van der Waals surface area contributed by atoms with Crippen molar-refractivity contribution < 1.29 is 4.79 Å². The third-order valence-corrected chi connectivity index (χ3v) is 4.29. The highest BCUT2D eigenvalue weighted by molar-refractivity contribution is 6.12. The molecule has 2 nitrogen and oxygen atoms in total. The van der Waals surface area contributed by atoms with E-state index in [0.29, 0.717) is 0 Å². The van der Waals surface area contributed by atoms with Gasteiger partial charge in [0.25, 0.3) is 0 Å². The summed E-state index contributed by atoms with van der Waals surface area (Å²) in [5, 5.41) is 0. The fraction of sp³-hybridized carbons (Fsp3) is 0.100. The smallest absolute Gasteiger partial charge is 0.193 e. The predicted octanol–water partition coefficient (Wildman–Crippen LogP) is 3.81. The average Bonchev–Trinajstić information content (AvgIpc) is 2.57. The van der Waals surface area contributed by atoms with Crippen molar-refractivity contribution in [3.63, 3.8) is 0 Å². The van der Waals surface area contributed by atoms with Crippen LogP contribution < -0.4 is 0 Å². The average molecular weight is 285 g/mol. The van der Waals surface area contributed by atoms with Crippen LogP contribution in [0.15, 0.2) is 67.0 Å². The van der Waals surface area contributed by atoms with Crippen molar-refractivity contribution in [2.24, 2.45) is 0 Å². The van der Waals surface area contributed by atoms with Crippen LogP contribution in [0.2, 0.25) is 0 Å². The molecule has 0 atom stereocenters. The highest BCUT2D eigenvalue weighted by Gasteiger charge is 2.24. The standard InChI is InChI=1S/C20H15NO/c22-20-17-6-2-1-4-16(17)13-19-15(5-3-7-18(19)20)12-14-8-10-21-11-9-14/h1-11H,12-13H2. The maximum Gasteiger partial charge on any atom is 0.193 e. The van der Waals surface area contributed by atoms with Crippen LogP contribution in [0.1, 0.15) is 38.2 Å². The molecule has 0 spiro atoms. The van der Waals surface area contributed by atoms with E-state index in [1.807, 2.05) is 54.9 Å². The Hall–Kier alpha value is -2.74. The van der Waals surface area contributed by atoms with Gasteiger partial charge in [-0.3, -0.25) is 9.78 Å². The Morgan fingerprint density at radius 3 is 2.50 bits per heavy atom. The number of hydrogen-bond acceptors (Lipinski definition) is 2.